The zero-order valence-electron chi connectivity index (χ0n) is 89.7. The number of rotatable bonds is 64. The van der Waals surface area contributed by atoms with Gasteiger partial charge in [0.1, 0.15) is 0 Å². The monoisotopic (exact) mass is 2000 g/mol. The summed E-state index contributed by atoms with van der Waals surface area (Å²) in [5.41, 5.74) is 155. The van der Waals surface area contributed by atoms with Crippen LogP contribution in [0.5, 0.6) is 0 Å². The molecule has 0 aromatic carbocycles. The van der Waals surface area contributed by atoms with Crippen molar-refractivity contribution in [2.75, 3.05) is 330 Å². The van der Waals surface area contributed by atoms with E-state index in [4.69, 9.17) is 191 Å². The minimum absolute atomic E-state index is 0.208. The Balaban J connectivity index is -0.000000109. The fraction of sp³-hybridized carbons (Fsp3) is 1.00. The number of hydrogen-bond donors (Lipinski definition) is 40. The summed E-state index contributed by atoms with van der Waals surface area (Å²) in [6.45, 7) is 35.5. The van der Waals surface area contributed by atoms with E-state index in [0.29, 0.717) is 124 Å². The number of nitrogens with zero attached hydrogens (tertiary/aromatic N) is 2. The van der Waals surface area contributed by atoms with Crippen molar-refractivity contribution >= 4 is 0 Å². The van der Waals surface area contributed by atoms with Crippen LogP contribution in [0.25, 0.3) is 0 Å². The van der Waals surface area contributed by atoms with Crippen molar-refractivity contribution in [3.63, 3.8) is 0 Å². The number of aliphatic hydroxyl groups excluding tert-OH is 3. The van der Waals surface area contributed by atoms with Crippen LogP contribution in [0.4, 0.5) is 0 Å². The highest BCUT2D eigenvalue weighted by atomic mass is 16.5. The van der Waals surface area contributed by atoms with Crippen molar-refractivity contribution in [2.24, 2.45) is 166 Å². The predicted octanol–water partition coefficient (Wildman–Crippen LogP) is -7.92. The Bertz CT molecular complexity index is 1590. The van der Waals surface area contributed by atoms with Gasteiger partial charge in [-0.3, -0.25) is 4.90 Å². The topological polar surface area (TPSA) is 936 Å². The van der Waals surface area contributed by atoms with Gasteiger partial charge in [-0.25, -0.2) is 0 Å². The molecule has 8 atom stereocenters. The Morgan fingerprint density at radius 3 is 0.679 bits per heavy atom. The van der Waals surface area contributed by atoms with E-state index in [-0.39, 0.29) is 42.9 Å². The van der Waals surface area contributed by atoms with Gasteiger partial charge >= 0.3 is 0 Å². The molecular weight excluding hydrogens is 1740 g/mol. The van der Waals surface area contributed by atoms with E-state index in [9.17, 15) is 0 Å². The van der Waals surface area contributed by atoms with Crippen LogP contribution in [0.3, 0.4) is 0 Å². The Morgan fingerprint density at radius 2 is 0.467 bits per heavy atom. The Hall–Kier alpha value is -1.76. The molecule has 0 bridgehead atoms. The quantitative estimate of drug-likeness (QED) is 0.0252. The lowest BCUT2D eigenvalue weighted by molar-refractivity contribution is 0.0538. The summed E-state index contributed by atoms with van der Waals surface area (Å²) in [5, 5.41) is 50.0. The average Bonchev–Trinajstić information content (AvgIpc) is 0.959. The lowest BCUT2D eigenvalue weighted by Crippen LogP contribution is -2.43. The molecule has 0 amide bonds. The Morgan fingerprint density at radius 1 is 0.219 bits per heavy atom. The van der Waals surface area contributed by atoms with E-state index in [1.807, 2.05) is 28.2 Å². The summed E-state index contributed by atoms with van der Waals surface area (Å²) < 4.78 is 10.1. The van der Waals surface area contributed by atoms with Gasteiger partial charge in [0.2, 0.25) is 0 Å². The van der Waals surface area contributed by atoms with Crippen molar-refractivity contribution in [2.45, 2.75) is 273 Å². The SMILES string of the molecule is CN(CCN)CCN.CNCCCN.CNCCCNC.NC1CCCC(N)C1.NC1CCCCC1N.NCCCCCNCCCCCN.NCCCCCNCCN.NCCCCCO.NCCCN.NCCCNCCN.NCCN.NCCN(CCN)CCN.NCCNCCN.NCCOCCOCCN.N[C@@H]1CCCC[C@@H]1N.N[C@@H]1CCCC[C@H]1N.OCCCCCNCCO. The molecule has 848 valence electrons. The lowest BCUT2D eigenvalue weighted by atomic mass is 9.92. The van der Waals surface area contributed by atoms with Gasteiger partial charge in [-0.15, -0.1) is 0 Å². The number of nitrogens with one attached hydrogen (secondary N) is 8. The van der Waals surface area contributed by atoms with E-state index in [0.717, 1.165) is 305 Å². The number of hydrogen-bond acceptors (Lipinski definition) is 44. The minimum atomic E-state index is 0.208. The number of likely N-dealkylation sites (N-methyl/N-ethyl adjacent to an activating group) is 1. The highest BCUT2D eigenvalue weighted by Crippen LogP contribution is 2.17. The molecule has 69 N–H and O–H groups in total. The number of aliphatic hydroxyl groups is 3. The van der Waals surface area contributed by atoms with Gasteiger partial charge in [0.25, 0.3) is 0 Å². The van der Waals surface area contributed by atoms with Crippen LogP contribution in [0.15, 0.2) is 0 Å². The molecule has 0 saturated heterocycles. The van der Waals surface area contributed by atoms with Gasteiger partial charge in [0.15, 0.2) is 0 Å². The molecule has 0 aromatic rings. The van der Waals surface area contributed by atoms with Crippen LogP contribution in [0.1, 0.15) is 225 Å². The van der Waals surface area contributed by atoms with Crippen molar-refractivity contribution in [1.82, 2.24) is 52.3 Å². The summed E-state index contributed by atoms with van der Waals surface area (Å²) in [7, 11) is 7.88. The lowest BCUT2D eigenvalue weighted by Gasteiger charge is -2.24. The average molecular weight is 2000 g/mol. The smallest absolute Gasteiger partial charge is 0.0701 e. The third kappa shape index (κ3) is 193. The summed E-state index contributed by atoms with van der Waals surface area (Å²) in [6.07, 6.45) is 40.3. The highest BCUT2D eigenvalue weighted by molar-refractivity contribution is 4.82. The molecule has 4 fully saturated rings. The van der Waals surface area contributed by atoms with Crippen LogP contribution < -0.4 is 209 Å². The molecule has 44 nitrogen and oxygen atoms in total. The molecule has 0 aromatic heterocycles. The molecule has 0 heterocycles. The first-order chi connectivity index (χ1) is 66.4. The summed E-state index contributed by atoms with van der Waals surface area (Å²) in [5.74, 6) is 0. The van der Waals surface area contributed by atoms with Crippen molar-refractivity contribution in [1.29, 1.82) is 0 Å². The van der Waals surface area contributed by atoms with Crippen LogP contribution in [-0.4, -0.2) is 403 Å². The second-order valence-electron chi connectivity index (χ2n) is 33.4. The fourth-order valence-corrected chi connectivity index (χ4v) is 11.6. The van der Waals surface area contributed by atoms with Gasteiger partial charge in [0, 0.05) is 212 Å². The molecule has 4 saturated carbocycles. The van der Waals surface area contributed by atoms with Gasteiger partial charge in [-0.05, 0) is 293 Å². The third-order valence-electron chi connectivity index (χ3n) is 19.9. The van der Waals surface area contributed by atoms with Crippen LogP contribution in [0.2, 0.25) is 0 Å². The molecule has 0 aliphatic heterocycles. The van der Waals surface area contributed by atoms with Crippen molar-refractivity contribution < 1.29 is 24.8 Å². The van der Waals surface area contributed by atoms with E-state index >= 15 is 0 Å². The Labute approximate surface area is 842 Å². The maximum atomic E-state index is 8.41. The first-order valence-electron chi connectivity index (χ1n) is 53.1. The molecule has 44 heteroatoms. The van der Waals surface area contributed by atoms with E-state index in [1.54, 1.807) is 0 Å². The maximum absolute atomic E-state index is 8.41. The molecular formula is C93H251N39O5. The second kappa shape index (κ2) is 168. The first-order valence-corrected chi connectivity index (χ1v) is 53.1. The van der Waals surface area contributed by atoms with Crippen LogP contribution >= 0.6 is 0 Å². The minimum Gasteiger partial charge on any atom is -0.396 e. The number of unbranched alkanes of at least 4 members (excludes halogenated alkanes) is 10. The normalized spacial score (nSPS) is 16.9. The van der Waals surface area contributed by atoms with Crippen LogP contribution in [0, 0.1) is 0 Å². The van der Waals surface area contributed by atoms with Crippen molar-refractivity contribution in [3.8, 4) is 0 Å². The van der Waals surface area contributed by atoms with Gasteiger partial charge in [-0.2, -0.15) is 0 Å². The standard InChI is InChI=1S/C10H25N3.C7H19N3.C7H17NO2.C6H18N4.C6H16N2O2.4C6H14N2.2C5H15N3.C5H14N2.C5H13NO.C4H13N3.C4H12N2.C3H10N2.C2H8N2/c11-7-3-1-5-9-13-10-6-2-4-8-12;8-4-2-1-3-6-10-7-5-9;9-6-3-1-2-4-8-5-7-10;7-1-4-10(5-2-8)6-3-9;7-1-3-9-5-6-10-4-2-8;7-5-2-1-3-6(8)4-5;3*7-5-3-1-2-4-6(5)8;1-8(4-2-6)5-3-7;6-2-1-4-8-5-3-7;1-6-4-3-5-7-2;6-4-2-1-3-5-7;5-1-3-7-4-2-6;1-6-4-2-3-5;4-2-1-3-5;3-1-2-4/h13H,1-12H2;10H,1-9H2;8-10H,1-7H2;1-9H2;1-8H2;4*5-6H,1-4,7-8H2;2-7H2,1H3;8H,1-7H2;6-7H,3-5H2,1-2H3;2*7H,1-6H2;6H,2-5H2,1H3;1-5H2;1-4H2/t;;;;;;5-,6+;5-,6-;;;;;;;;;/m.......1........./s1. The van der Waals surface area contributed by atoms with Crippen molar-refractivity contribution in [3.05, 3.63) is 0 Å². The summed E-state index contributed by atoms with van der Waals surface area (Å²) >= 11 is 0. The molecule has 0 radical (unpaired) electrons. The van der Waals surface area contributed by atoms with E-state index in [2.05, 4.69) is 52.3 Å². The van der Waals surface area contributed by atoms with Gasteiger partial charge in [-0.1, -0.05) is 64.2 Å². The molecule has 0 spiro atoms. The highest BCUT2D eigenvalue weighted by Gasteiger charge is 2.19. The fourth-order valence-electron chi connectivity index (χ4n) is 11.6. The second-order valence-corrected chi connectivity index (χ2v) is 33.4. The van der Waals surface area contributed by atoms with Gasteiger partial charge < -0.3 is 239 Å². The zero-order chi connectivity index (χ0) is 106. The maximum Gasteiger partial charge on any atom is 0.0701 e. The molecule has 137 heavy (non-hydrogen) atoms. The van der Waals surface area contributed by atoms with Gasteiger partial charge in [0.05, 0.1) is 33.0 Å². The molecule has 4 rings (SSSR count). The molecule has 4 aliphatic rings. The number of ether oxygens (including phenoxy) is 2. The number of nitrogens with two attached hydrogens (primary N) is 29. The largest absolute Gasteiger partial charge is 0.396 e. The van der Waals surface area contributed by atoms with Crippen LogP contribution in [-0.2, 0) is 9.47 Å². The zero-order valence-corrected chi connectivity index (χ0v) is 89.7. The molecule has 4 unspecified atom stereocenters. The summed E-state index contributed by atoms with van der Waals surface area (Å²) in [6, 6.07) is 2.46. The predicted molar refractivity (Wildman–Crippen MR) is 599 cm³/mol. The Kier molecular flexibility index (Phi) is 200. The molecule has 4 aliphatic carbocycles. The van der Waals surface area contributed by atoms with E-state index < -0.39 is 0 Å². The summed E-state index contributed by atoms with van der Waals surface area (Å²) in [4.78, 5) is 4.28. The third-order valence-corrected chi connectivity index (χ3v) is 19.9. The first kappa shape index (κ1) is 163. The van der Waals surface area contributed by atoms with E-state index in [1.165, 1.54) is 103 Å².